The van der Waals surface area contributed by atoms with Gasteiger partial charge in [0.2, 0.25) is 5.91 Å². The fourth-order valence-corrected chi connectivity index (χ4v) is 1.58. The van der Waals surface area contributed by atoms with Gasteiger partial charge in [0.25, 0.3) is 0 Å². The molecule has 1 fully saturated rings. The van der Waals surface area contributed by atoms with Crippen LogP contribution in [0.2, 0.25) is 0 Å². The van der Waals surface area contributed by atoms with Crippen LogP contribution in [0.5, 0.6) is 0 Å². The summed E-state index contributed by atoms with van der Waals surface area (Å²) < 4.78 is 4.85. The average Bonchev–Trinajstić information content (AvgIpc) is 2.14. The molecule has 0 spiro atoms. The molecule has 1 atom stereocenters. The Balaban J connectivity index is 2.28. The molecule has 1 aliphatic heterocycles. The Labute approximate surface area is 79.0 Å². The number of hydrogen-bond acceptors (Lipinski definition) is 3. The number of rotatable bonds is 3. The van der Waals surface area contributed by atoms with E-state index in [1.54, 1.807) is 7.11 Å². The van der Waals surface area contributed by atoms with Crippen molar-refractivity contribution in [2.24, 2.45) is 5.73 Å². The second kappa shape index (κ2) is 5.19. The van der Waals surface area contributed by atoms with E-state index in [-0.39, 0.29) is 11.9 Å². The van der Waals surface area contributed by atoms with Gasteiger partial charge in [-0.05, 0) is 12.8 Å². The van der Waals surface area contributed by atoms with Crippen molar-refractivity contribution in [3.05, 3.63) is 0 Å². The summed E-state index contributed by atoms with van der Waals surface area (Å²) in [5, 5.41) is 0. The second-order valence-corrected chi connectivity index (χ2v) is 3.48. The minimum Gasteiger partial charge on any atom is -0.384 e. The molecule has 1 rings (SSSR count). The van der Waals surface area contributed by atoms with Crippen molar-refractivity contribution < 1.29 is 9.53 Å². The van der Waals surface area contributed by atoms with Crippen molar-refractivity contribution >= 4 is 5.91 Å². The molecule has 4 heteroatoms. The topological polar surface area (TPSA) is 55.6 Å². The molecule has 2 N–H and O–H groups in total. The van der Waals surface area contributed by atoms with E-state index in [9.17, 15) is 4.79 Å². The molecule has 0 radical (unpaired) electrons. The summed E-state index contributed by atoms with van der Waals surface area (Å²) >= 11 is 0. The van der Waals surface area contributed by atoms with E-state index in [4.69, 9.17) is 10.5 Å². The van der Waals surface area contributed by atoms with Crippen molar-refractivity contribution in [1.82, 2.24) is 4.90 Å². The lowest BCUT2D eigenvalue weighted by atomic mass is 10.1. The average molecular weight is 186 g/mol. The largest absolute Gasteiger partial charge is 0.384 e. The highest BCUT2D eigenvalue weighted by molar-refractivity contribution is 5.76. The van der Waals surface area contributed by atoms with Gasteiger partial charge in [-0.3, -0.25) is 4.79 Å². The number of hydrogen-bond donors (Lipinski definition) is 1. The molecule has 0 bridgehead atoms. The lowest BCUT2D eigenvalue weighted by Crippen LogP contribution is -2.45. The molecule has 1 aliphatic rings. The number of likely N-dealkylation sites (tertiary alicyclic amines) is 1. The van der Waals surface area contributed by atoms with Gasteiger partial charge in [0.1, 0.15) is 0 Å². The van der Waals surface area contributed by atoms with Gasteiger partial charge in [-0.15, -0.1) is 0 Å². The summed E-state index contributed by atoms with van der Waals surface area (Å²) in [4.78, 5) is 13.3. The van der Waals surface area contributed by atoms with Crippen molar-refractivity contribution in [3.63, 3.8) is 0 Å². The number of nitrogens with zero attached hydrogens (tertiary/aromatic N) is 1. The first-order valence-corrected chi connectivity index (χ1v) is 4.76. The summed E-state index contributed by atoms with van der Waals surface area (Å²) in [6.45, 7) is 2.07. The minimum atomic E-state index is 0.164. The first-order valence-electron chi connectivity index (χ1n) is 4.76. The third-order valence-electron chi connectivity index (χ3n) is 2.33. The predicted molar refractivity (Wildman–Crippen MR) is 50.3 cm³/mol. The summed E-state index contributed by atoms with van der Waals surface area (Å²) in [6, 6.07) is 0.167. The number of piperidine rings is 1. The van der Waals surface area contributed by atoms with Crippen molar-refractivity contribution in [2.75, 3.05) is 26.8 Å². The van der Waals surface area contributed by atoms with Crippen LogP contribution in [0.25, 0.3) is 0 Å². The predicted octanol–water partition coefficient (Wildman–Crippen LogP) is -0.0274. The molecule has 13 heavy (non-hydrogen) atoms. The van der Waals surface area contributed by atoms with Gasteiger partial charge in [0, 0.05) is 26.2 Å². The molecule has 1 heterocycles. The number of amides is 1. The second-order valence-electron chi connectivity index (χ2n) is 3.48. The molecular weight excluding hydrogens is 168 g/mol. The van der Waals surface area contributed by atoms with Crippen LogP contribution in [0.1, 0.15) is 19.3 Å². The number of carbonyl (C=O) groups excluding carboxylic acids is 1. The normalized spacial score (nSPS) is 23.2. The van der Waals surface area contributed by atoms with Crippen LogP contribution in [-0.2, 0) is 9.53 Å². The Hall–Kier alpha value is -0.610. The van der Waals surface area contributed by atoms with Gasteiger partial charge < -0.3 is 15.4 Å². The van der Waals surface area contributed by atoms with E-state index >= 15 is 0 Å². The van der Waals surface area contributed by atoms with E-state index < -0.39 is 0 Å². The molecule has 0 aliphatic carbocycles. The van der Waals surface area contributed by atoms with Crippen LogP contribution < -0.4 is 5.73 Å². The smallest absolute Gasteiger partial charge is 0.224 e. The van der Waals surface area contributed by atoms with Crippen LogP contribution in [0.15, 0.2) is 0 Å². The highest BCUT2D eigenvalue weighted by Gasteiger charge is 2.20. The van der Waals surface area contributed by atoms with E-state index in [1.165, 1.54) is 0 Å². The quantitative estimate of drug-likeness (QED) is 0.673. The molecule has 0 aromatic rings. The standard InChI is InChI=1S/C9H18N2O2/c1-13-6-4-9(12)11-5-2-3-8(10)7-11/h8H,2-7,10H2,1H3/t8-/m1/s1. The lowest BCUT2D eigenvalue weighted by Gasteiger charge is -2.30. The van der Waals surface area contributed by atoms with Gasteiger partial charge in [-0.1, -0.05) is 0 Å². The van der Waals surface area contributed by atoms with Crippen LogP contribution in [-0.4, -0.2) is 43.7 Å². The van der Waals surface area contributed by atoms with Crippen molar-refractivity contribution in [2.45, 2.75) is 25.3 Å². The van der Waals surface area contributed by atoms with Gasteiger partial charge in [-0.25, -0.2) is 0 Å². The molecule has 4 nitrogen and oxygen atoms in total. The molecule has 0 aromatic heterocycles. The van der Waals surface area contributed by atoms with E-state index in [2.05, 4.69) is 0 Å². The Morgan fingerprint density at radius 2 is 2.46 bits per heavy atom. The Bertz CT molecular complexity index is 173. The van der Waals surface area contributed by atoms with Crippen LogP contribution in [0, 0.1) is 0 Å². The fourth-order valence-electron chi connectivity index (χ4n) is 1.58. The van der Waals surface area contributed by atoms with Crippen LogP contribution in [0.4, 0.5) is 0 Å². The van der Waals surface area contributed by atoms with Gasteiger partial charge in [-0.2, -0.15) is 0 Å². The molecule has 1 amide bonds. The van der Waals surface area contributed by atoms with Gasteiger partial charge in [0.15, 0.2) is 0 Å². The zero-order valence-corrected chi connectivity index (χ0v) is 8.16. The SMILES string of the molecule is COCCC(=O)N1CCC[C@@H](N)C1. The van der Waals surface area contributed by atoms with E-state index in [0.717, 1.165) is 19.4 Å². The third kappa shape index (κ3) is 3.32. The van der Waals surface area contributed by atoms with Crippen molar-refractivity contribution in [1.29, 1.82) is 0 Å². The first kappa shape index (κ1) is 10.5. The summed E-state index contributed by atoms with van der Waals surface area (Å²) in [6.07, 6.45) is 2.54. The van der Waals surface area contributed by atoms with Crippen molar-refractivity contribution in [3.8, 4) is 0 Å². The first-order chi connectivity index (χ1) is 6.24. The van der Waals surface area contributed by atoms with Crippen LogP contribution in [0.3, 0.4) is 0 Å². The molecule has 0 aromatic carbocycles. The molecule has 76 valence electrons. The maximum absolute atomic E-state index is 11.5. The maximum Gasteiger partial charge on any atom is 0.224 e. The molecule has 0 unspecified atom stereocenters. The Morgan fingerprint density at radius 1 is 1.69 bits per heavy atom. The van der Waals surface area contributed by atoms with Crippen LogP contribution >= 0.6 is 0 Å². The highest BCUT2D eigenvalue weighted by Crippen LogP contribution is 2.09. The minimum absolute atomic E-state index is 0.164. The molecule has 0 saturated carbocycles. The lowest BCUT2D eigenvalue weighted by molar-refractivity contribution is -0.133. The zero-order chi connectivity index (χ0) is 9.68. The monoisotopic (exact) mass is 186 g/mol. The number of carbonyl (C=O) groups is 1. The zero-order valence-electron chi connectivity index (χ0n) is 8.16. The molecule has 1 saturated heterocycles. The third-order valence-corrected chi connectivity index (χ3v) is 2.33. The number of methoxy groups -OCH3 is 1. The number of ether oxygens (including phenoxy) is 1. The summed E-state index contributed by atoms with van der Waals surface area (Å²) in [5.74, 6) is 0.164. The Kier molecular flexibility index (Phi) is 4.18. The van der Waals surface area contributed by atoms with E-state index in [1.807, 2.05) is 4.90 Å². The Morgan fingerprint density at radius 3 is 3.08 bits per heavy atom. The molecular formula is C9H18N2O2. The summed E-state index contributed by atoms with van der Waals surface area (Å²) in [5.41, 5.74) is 5.77. The highest BCUT2D eigenvalue weighted by atomic mass is 16.5. The van der Waals surface area contributed by atoms with Gasteiger partial charge >= 0.3 is 0 Å². The van der Waals surface area contributed by atoms with E-state index in [0.29, 0.717) is 19.6 Å². The van der Waals surface area contributed by atoms with Gasteiger partial charge in [0.05, 0.1) is 13.0 Å². The maximum atomic E-state index is 11.5. The number of nitrogens with two attached hydrogens (primary N) is 1. The fraction of sp³-hybridized carbons (Fsp3) is 0.889. The summed E-state index contributed by atoms with van der Waals surface area (Å²) in [7, 11) is 1.61.